The second-order valence-corrected chi connectivity index (χ2v) is 8.49. The summed E-state index contributed by atoms with van der Waals surface area (Å²) in [4.78, 5) is 28.8. The lowest BCUT2D eigenvalue weighted by atomic mass is 9.73. The van der Waals surface area contributed by atoms with Crippen molar-refractivity contribution in [1.82, 2.24) is 9.80 Å². The number of aliphatic hydroxyl groups excluding tert-OH is 1. The number of fused-ring (bicyclic) bond motifs is 1. The Bertz CT molecular complexity index is 1040. The van der Waals surface area contributed by atoms with Gasteiger partial charge in [-0.05, 0) is 42.7 Å². The van der Waals surface area contributed by atoms with Gasteiger partial charge >= 0.3 is 6.03 Å². The predicted molar refractivity (Wildman–Crippen MR) is 117 cm³/mol. The SMILES string of the molecule is O=C(Nc1ccccc1)N1CC(=O)N2[C@H](CO)[C@H](c3ccc(C#CC4CC4)cc3)[C@@H]2C1. The molecule has 2 aromatic rings. The zero-order chi connectivity index (χ0) is 21.4. The molecule has 1 aliphatic carbocycles. The summed E-state index contributed by atoms with van der Waals surface area (Å²) in [6, 6.07) is 16.6. The Balaban J connectivity index is 1.31. The highest BCUT2D eigenvalue weighted by atomic mass is 16.3. The zero-order valence-electron chi connectivity index (χ0n) is 17.2. The summed E-state index contributed by atoms with van der Waals surface area (Å²) >= 11 is 0. The van der Waals surface area contributed by atoms with E-state index in [4.69, 9.17) is 0 Å². The van der Waals surface area contributed by atoms with Crippen LogP contribution in [0.15, 0.2) is 54.6 Å². The molecule has 0 spiro atoms. The van der Waals surface area contributed by atoms with Crippen molar-refractivity contribution in [2.75, 3.05) is 25.0 Å². The van der Waals surface area contributed by atoms with Crippen LogP contribution >= 0.6 is 0 Å². The van der Waals surface area contributed by atoms with Crippen molar-refractivity contribution < 1.29 is 14.7 Å². The van der Waals surface area contributed by atoms with Crippen LogP contribution in [-0.2, 0) is 4.79 Å². The number of nitrogens with one attached hydrogen (secondary N) is 1. The number of rotatable bonds is 3. The van der Waals surface area contributed by atoms with Crippen LogP contribution in [0.2, 0.25) is 0 Å². The van der Waals surface area contributed by atoms with Gasteiger partial charge in [0.1, 0.15) is 6.54 Å². The quantitative estimate of drug-likeness (QED) is 0.757. The summed E-state index contributed by atoms with van der Waals surface area (Å²) in [5.41, 5.74) is 2.75. The maximum Gasteiger partial charge on any atom is 0.322 e. The van der Waals surface area contributed by atoms with Gasteiger partial charge in [-0.3, -0.25) is 4.79 Å². The van der Waals surface area contributed by atoms with E-state index < -0.39 is 0 Å². The van der Waals surface area contributed by atoms with E-state index in [1.54, 1.807) is 9.80 Å². The van der Waals surface area contributed by atoms with Gasteiger partial charge in [-0.15, -0.1) is 0 Å². The fraction of sp³-hybridized carbons (Fsp3) is 0.360. The topological polar surface area (TPSA) is 72.9 Å². The summed E-state index contributed by atoms with van der Waals surface area (Å²) in [5, 5.41) is 12.8. The van der Waals surface area contributed by atoms with Crippen LogP contribution < -0.4 is 5.32 Å². The number of amides is 3. The van der Waals surface area contributed by atoms with Crippen molar-refractivity contribution in [3.05, 3.63) is 65.7 Å². The van der Waals surface area contributed by atoms with E-state index in [0.29, 0.717) is 18.2 Å². The second kappa shape index (κ2) is 8.09. The number of anilines is 1. The van der Waals surface area contributed by atoms with E-state index >= 15 is 0 Å². The first-order chi connectivity index (χ1) is 15.1. The first-order valence-electron chi connectivity index (χ1n) is 10.8. The molecule has 2 N–H and O–H groups in total. The molecule has 2 aromatic carbocycles. The number of para-hydroxylation sites is 1. The van der Waals surface area contributed by atoms with Gasteiger partial charge in [0, 0.05) is 29.6 Å². The standard InChI is InChI=1S/C25H25N3O3/c29-16-22-24(19-12-10-18(11-13-19)9-8-17-6-7-17)21-14-27(15-23(30)28(21)22)25(31)26-20-4-2-1-3-5-20/h1-5,10-13,17,21-22,24,29H,6-7,14-16H2,(H,26,31)/t21-,22+,24+/m0/s1. The normalized spacial score (nSPS) is 24.5. The van der Waals surface area contributed by atoms with Crippen molar-refractivity contribution in [2.24, 2.45) is 5.92 Å². The van der Waals surface area contributed by atoms with Crippen molar-refractivity contribution in [3.8, 4) is 11.8 Å². The van der Waals surface area contributed by atoms with Gasteiger partial charge in [0.2, 0.25) is 5.91 Å². The molecule has 0 aromatic heterocycles. The molecule has 0 radical (unpaired) electrons. The molecule has 2 saturated heterocycles. The Hall–Kier alpha value is -3.30. The Morgan fingerprint density at radius 3 is 2.52 bits per heavy atom. The molecule has 2 heterocycles. The molecular formula is C25H25N3O3. The summed E-state index contributed by atoms with van der Waals surface area (Å²) in [6.07, 6.45) is 2.40. The summed E-state index contributed by atoms with van der Waals surface area (Å²) < 4.78 is 0. The number of urea groups is 1. The minimum absolute atomic E-state index is 0.00767. The number of aliphatic hydroxyl groups is 1. The van der Waals surface area contributed by atoms with Crippen LogP contribution in [0.4, 0.5) is 10.5 Å². The molecule has 3 amide bonds. The molecule has 3 aliphatic rings. The molecule has 3 atom stereocenters. The van der Waals surface area contributed by atoms with Gasteiger partial charge in [0.05, 0.1) is 18.7 Å². The number of benzene rings is 2. The maximum atomic E-state index is 12.8. The zero-order valence-corrected chi connectivity index (χ0v) is 17.2. The van der Waals surface area contributed by atoms with E-state index in [1.807, 2.05) is 54.6 Å². The average Bonchev–Trinajstić information content (AvgIpc) is 3.60. The van der Waals surface area contributed by atoms with Crippen molar-refractivity contribution in [1.29, 1.82) is 0 Å². The lowest BCUT2D eigenvalue weighted by Gasteiger charge is -2.58. The third kappa shape index (κ3) is 3.89. The monoisotopic (exact) mass is 415 g/mol. The predicted octanol–water partition coefficient (Wildman–Crippen LogP) is 2.65. The van der Waals surface area contributed by atoms with E-state index in [9.17, 15) is 14.7 Å². The first kappa shape index (κ1) is 19.7. The lowest BCUT2D eigenvalue weighted by molar-refractivity contribution is -0.159. The van der Waals surface area contributed by atoms with Crippen LogP contribution in [0.1, 0.15) is 29.9 Å². The summed E-state index contributed by atoms with van der Waals surface area (Å²) in [6.45, 7) is 0.370. The number of hydrogen-bond acceptors (Lipinski definition) is 3. The van der Waals surface area contributed by atoms with Gasteiger partial charge in [0.25, 0.3) is 0 Å². The number of carbonyl (C=O) groups is 2. The highest BCUT2D eigenvalue weighted by Gasteiger charge is 2.54. The third-order valence-electron chi connectivity index (χ3n) is 6.36. The smallest absolute Gasteiger partial charge is 0.322 e. The van der Waals surface area contributed by atoms with Gasteiger partial charge in [-0.25, -0.2) is 4.79 Å². The molecule has 1 saturated carbocycles. The van der Waals surface area contributed by atoms with Crippen molar-refractivity contribution in [2.45, 2.75) is 30.8 Å². The van der Waals surface area contributed by atoms with Crippen LogP contribution in [0, 0.1) is 17.8 Å². The van der Waals surface area contributed by atoms with Gasteiger partial charge in [-0.1, -0.05) is 42.2 Å². The van der Waals surface area contributed by atoms with Gasteiger partial charge in [0.15, 0.2) is 0 Å². The van der Waals surface area contributed by atoms with E-state index in [1.165, 1.54) is 12.8 Å². The number of piperazine rings is 1. The average molecular weight is 415 g/mol. The number of hydrogen-bond donors (Lipinski definition) is 2. The molecule has 3 fully saturated rings. The Labute approximate surface area is 181 Å². The van der Waals surface area contributed by atoms with Crippen LogP contribution in [0.3, 0.4) is 0 Å². The number of carbonyl (C=O) groups excluding carboxylic acids is 2. The molecular weight excluding hydrogens is 390 g/mol. The Morgan fingerprint density at radius 2 is 1.84 bits per heavy atom. The Kier molecular flexibility index (Phi) is 5.13. The minimum Gasteiger partial charge on any atom is -0.394 e. The minimum atomic E-state index is -0.281. The largest absolute Gasteiger partial charge is 0.394 e. The molecule has 0 unspecified atom stereocenters. The molecule has 2 aliphatic heterocycles. The molecule has 158 valence electrons. The van der Waals surface area contributed by atoms with Crippen LogP contribution in [0.25, 0.3) is 0 Å². The maximum absolute atomic E-state index is 12.8. The Morgan fingerprint density at radius 1 is 1.10 bits per heavy atom. The third-order valence-corrected chi connectivity index (χ3v) is 6.36. The summed E-state index contributed by atoms with van der Waals surface area (Å²) in [5.74, 6) is 6.91. The summed E-state index contributed by atoms with van der Waals surface area (Å²) in [7, 11) is 0. The molecule has 0 bridgehead atoms. The molecule has 6 heteroatoms. The van der Waals surface area contributed by atoms with Crippen LogP contribution in [0.5, 0.6) is 0 Å². The number of nitrogens with zero attached hydrogens (tertiary/aromatic N) is 2. The fourth-order valence-electron chi connectivity index (χ4n) is 4.58. The molecule has 31 heavy (non-hydrogen) atoms. The highest BCUT2D eigenvalue weighted by Crippen LogP contribution is 2.43. The van der Waals surface area contributed by atoms with E-state index in [0.717, 1.165) is 11.1 Å². The van der Waals surface area contributed by atoms with Gasteiger partial charge in [-0.2, -0.15) is 0 Å². The second-order valence-electron chi connectivity index (χ2n) is 8.49. The lowest BCUT2D eigenvalue weighted by Crippen LogP contribution is -2.73. The molecule has 5 rings (SSSR count). The van der Waals surface area contributed by atoms with E-state index in [2.05, 4.69) is 17.2 Å². The first-order valence-corrected chi connectivity index (χ1v) is 10.8. The van der Waals surface area contributed by atoms with Crippen molar-refractivity contribution in [3.63, 3.8) is 0 Å². The highest BCUT2D eigenvalue weighted by molar-refractivity contribution is 5.93. The van der Waals surface area contributed by atoms with Crippen molar-refractivity contribution >= 4 is 17.6 Å². The molecule has 6 nitrogen and oxygen atoms in total. The fourth-order valence-corrected chi connectivity index (χ4v) is 4.58. The van der Waals surface area contributed by atoms with Crippen LogP contribution in [-0.4, -0.2) is 58.6 Å². The van der Waals surface area contributed by atoms with E-state index in [-0.39, 0.29) is 43.1 Å². The van der Waals surface area contributed by atoms with Gasteiger partial charge < -0.3 is 20.2 Å².